The molecule has 0 saturated carbocycles. The number of anilines is 2. The minimum absolute atomic E-state index is 0.111. The molecule has 1 fully saturated rings. The third-order valence-electron chi connectivity index (χ3n) is 6.17. The number of benzene rings is 3. The largest absolute Gasteiger partial charge is 0.495 e. The summed E-state index contributed by atoms with van der Waals surface area (Å²) < 4.78 is 17.0. The number of fused-ring (bicyclic) bond motifs is 3. The Balaban J connectivity index is 1.29. The van der Waals surface area contributed by atoms with Crippen LogP contribution in [0.2, 0.25) is 0 Å². The zero-order chi connectivity index (χ0) is 23.5. The van der Waals surface area contributed by atoms with Gasteiger partial charge < -0.3 is 24.1 Å². The maximum Gasteiger partial charge on any atom is 0.238 e. The molecular formula is C27H29N3O4. The van der Waals surface area contributed by atoms with Gasteiger partial charge in [0.05, 0.1) is 32.6 Å². The van der Waals surface area contributed by atoms with Gasteiger partial charge in [0.25, 0.3) is 0 Å². The predicted molar refractivity (Wildman–Crippen MR) is 135 cm³/mol. The van der Waals surface area contributed by atoms with Gasteiger partial charge in [0.2, 0.25) is 5.91 Å². The molecule has 0 unspecified atom stereocenters. The number of amides is 1. The molecule has 2 heterocycles. The van der Waals surface area contributed by atoms with Crippen molar-refractivity contribution in [2.24, 2.45) is 0 Å². The number of likely N-dealkylation sites (N-methyl/N-ethyl adjacent to an activating group) is 1. The van der Waals surface area contributed by atoms with Crippen LogP contribution in [0, 0.1) is 0 Å². The molecule has 0 radical (unpaired) electrons. The van der Waals surface area contributed by atoms with Gasteiger partial charge >= 0.3 is 0 Å². The van der Waals surface area contributed by atoms with Crippen LogP contribution in [0.3, 0.4) is 0 Å². The van der Waals surface area contributed by atoms with E-state index in [1.807, 2.05) is 54.4 Å². The highest BCUT2D eigenvalue weighted by Gasteiger charge is 2.18. The lowest BCUT2D eigenvalue weighted by Gasteiger charge is -2.31. The van der Waals surface area contributed by atoms with Crippen LogP contribution in [-0.2, 0) is 16.1 Å². The fourth-order valence-electron chi connectivity index (χ4n) is 4.56. The lowest BCUT2D eigenvalue weighted by molar-refractivity contribution is -0.117. The van der Waals surface area contributed by atoms with E-state index >= 15 is 0 Å². The number of para-hydroxylation sites is 2. The molecule has 3 aromatic carbocycles. The highest BCUT2D eigenvalue weighted by Crippen LogP contribution is 2.36. The first kappa shape index (κ1) is 22.3. The van der Waals surface area contributed by atoms with E-state index in [-0.39, 0.29) is 12.5 Å². The number of hydrogen-bond donors (Lipinski definition) is 1. The standard InChI is InChI=1S/C27H29N3O4/c1-29(17-19-7-3-5-9-23(19)30-11-13-33-14-12-30)18-27(31)28-22-16-25-21(15-26(22)32-2)20-8-4-6-10-24(20)34-25/h3-10,15-16H,11-14,17-18H2,1-2H3,(H,28,31). The Morgan fingerprint density at radius 3 is 2.62 bits per heavy atom. The second kappa shape index (κ2) is 9.75. The molecule has 4 aromatic rings. The maximum atomic E-state index is 12.9. The van der Waals surface area contributed by atoms with E-state index in [2.05, 4.69) is 28.4 Å². The third kappa shape index (κ3) is 4.58. The first-order valence-electron chi connectivity index (χ1n) is 11.5. The highest BCUT2D eigenvalue weighted by atomic mass is 16.5. The van der Waals surface area contributed by atoms with Crippen LogP contribution in [0.4, 0.5) is 11.4 Å². The summed E-state index contributed by atoms with van der Waals surface area (Å²) in [6, 6.07) is 20.0. The number of hydrogen-bond acceptors (Lipinski definition) is 6. The number of nitrogens with one attached hydrogen (secondary N) is 1. The summed E-state index contributed by atoms with van der Waals surface area (Å²) in [5.41, 5.74) is 4.52. The molecular weight excluding hydrogens is 430 g/mol. The van der Waals surface area contributed by atoms with Crippen molar-refractivity contribution in [3.63, 3.8) is 0 Å². The van der Waals surface area contributed by atoms with E-state index in [0.717, 1.165) is 42.7 Å². The molecule has 1 aromatic heterocycles. The van der Waals surface area contributed by atoms with E-state index in [4.69, 9.17) is 13.9 Å². The molecule has 1 aliphatic rings. The van der Waals surface area contributed by atoms with Crippen molar-refractivity contribution < 1.29 is 18.7 Å². The summed E-state index contributed by atoms with van der Waals surface area (Å²) in [4.78, 5) is 17.3. The van der Waals surface area contributed by atoms with Gasteiger partial charge in [0.15, 0.2) is 0 Å². The van der Waals surface area contributed by atoms with Crippen LogP contribution in [0.15, 0.2) is 65.1 Å². The van der Waals surface area contributed by atoms with Crippen molar-refractivity contribution in [1.29, 1.82) is 0 Å². The normalized spacial score (nSPS) is 14.1. The van der Waals surface area contributed by atoms with Crippen LogP contribution in [-0.4, -0.2) is 57.8 Å². The minimum atomic E-state index is -0.111. The summed E-state index contributed by atoms with van der Waals surface area (Å²) in [5, 5.41) is 4.98. The van der Waals surface area contributed by atoms with Gasteiger partial charge in [-0.05, 0) is 30.8 Å². The highest BCUT2D eigenvalue weighted by molar-refractivity contribution is 6.07. The minimum Gasteiger partial charge on any atom is -0.495 e. The monoisotopic (exact) mass is 459 g/mol. The summed E-state index contributed by atoms with van der Waals surface area (Å²) in [6.07, 6.45) is 0. The van der Waals surface area contributed by atoms with Gasteiger partial charge in [-0.3, -0.25) is 9.69 Å². The topological polar surface area (TPSA) is 67.2 Å². The van der Waals surface area contributed by atoms with Gasteiger partial charge in [0.1, 0.15) is 16.9 Å². The van der Waals surface area contributed by atoms with E-state index in [1.54, 1.807) is 7.11 Å². The van der Waals surface area contributed by atoms with Gasteiger partial charge in [-0.1, -0.05) is 36.4 Å². The molecule has 0 bridgehead atoms. The smallest absolute Gasteiger partial charge is 0.238 e. The number of rotatable bonds is 7. The lowest BCUT2D eigenvalue weighted by atomic mass is 10.1. The quantitative estimate of drug-likeness (QED) is 0.439. The predicted octanol–water partition coefficient (Wildman–Crippen LogP) is 4.50. The second-order valence-corrected chi connectivity index (χ2v) is 8.60. The second-order valence-electron chi connectivity index (χ2n) is 8.60. The molecule has 1 N–H and O–H groups in total. The number of methoxy groups -OCH3 is 1. The first-order chi connectivity index (χ1) is 16.6. The Hall–Kier alpha value is -3.55. The molecule has 176 valence electrons. The number of ether oxygens (including phenoxy) is 2. The van der Waals surface area contributed by atoms with Gasteiger partial charge in [-0.15, -0.1) is 0 Å². The molecule has 7 nitrogen and oxygen atoms in total. The fraction of sp³-hybridized carbons (Fsp3) is 0.296. The van der Waals surface area contributed by atoms with E-state index in [1.165, 1.54) is 11.3 Å². The summed E-state index contributed by atoms with van der Waals surface area (Å²) in [6.45, 7) is 4.16. The number of morpholine rings is 1. The number of carbonyl (C=O) groups is 1. The van der Waals surface area contributed by atoms with Gasteiger partial charge in [-0.2, -0.15) is 0 Å². The molecule has 0 aliphatic carbocycles. The molecule has 1 amide bonds. The molecule has 7 heteroatoms. The Morgan fingerprint density at radius 2 is 1.79 bits per heavy atom. The van der Waals surface area contributed by atoms with E-state index in [0.29, 0.717) is 23.6 Å². The number of carbonyl (C=O) groups excluding carboxylic acids is 1. The Kier molecular flexibility index (Phi) is 6.38. The average Bonchev–Trinajstić information content (AvgIpc) is 3.21. The zero-order valence-corrected chi connectivity index (χ0v) is 19.5. The molecule has 1 aliphatic heterocycles. The van der Waals surface area contributed by atoms with Crippen molar-refractivity contribution in [1.82, 2.24) is 4.90 Å². The van der Waals surface area contributed by atoms with Crippen molar-refractivity contribution in [3.05, 3.63) is 66.2 Å². The van der Waals surface area contributed by atoms with Crippen LogP contribution in [0.5, 0.6) is 5.75 Å². The molecule has 0 atom stereocenters. The molecule has 1 saturated heterocycles. The fourth-order valence-corrected chi connectivity index (χ4v) is 4.56. The van der Waals surface area contributed by atoms with Gasteiger partial charge in [0, 0.05) is 42.2 Å². The molecule has 5 rings (SSSR count). The summed E-state index contributed by atoms with van der Waals surface area (Å²) in [5.74, 6) is 0.493. The first-order valence-corrected chi connectivity index (χ1v) is 11.5. The summed E-state index contributed by atoms with van der Waals surface area (Å²) in [7, 11) is 3.56. The summed E-state index contributed by atoms with van der Waals surface area (Å²) >= 11 is 0. The third-order valence-corrected chi connectivity index (χ3v) is 6.17. The van der Waals surface area contributed by atoms with E-state index < -0.39 is 0 Å². The van der Waals surface area contributed by atoms with Crippen molar-refractivity contribution >= 4 is 39.2 Å². The van der Waals surface area contributed by atoms with E-state index in [9.17, 15) is 4.79 Å². The van der Waals surface area contributed by atoms with Crippen molar-refractivity contribution in [3.8, 4) is 5.75 Å². The SMILES string of the molecule is COc1cc2c(cc1NC(=O)CN(C)Cc1ccccc1N1CCOCC1)oc1ccccc12. The maximum absolute atomic E-state index is 12.9. The van der Waals surface area contributed by atoms with Crippen LogP contribution < -0.4 is 15.0 Å². The van der Waals surface area contributed by atoms with Crippen LogP contribution in [0.25, 0.3) is 21.9 Å². The van der Waals surface area contributed by atoms with Crippen LogP contribution >= 0.6 is 0 Å². The Labute approximate surface area is 198 Å². The van der Waals surface area contributed by atoms with Gasteiger partial charge in [-0.25, -0.2) is 0 Å². The van der Waals surface area contributed by atoms with Crippen LogP contribution in [0.1, 0.15) is 5.56 Å². The number of nitrogens with zero attached hydrogens (tertiary/aromatic N) is 2. The Bertz CT molecular complexity index is 1310. The number of furan rings is 1. The Morgan fingerprint density at radius 1 is 1.03 bits per heavy atom. The zero-order valence-electron chi connectivity index (χ0n) is 19.5. The average molecular weight is 460 g/mol. The lowest BCUT2D eigenvalue weighted by Crippen LogP contribution is -2.37. The van der Waals surface area contributed by atoms with Crippen molar-refractivity contribution in [2.75, 3.05) is 57.2 Å². The van der Waals surface area contributed by atoms with Crippen molar-refractivity contribution in [2.45, 2.75) is 6.54 Å². The molecule has 0 spiro atoms. The molecule has 34 heavy (non-hydrogen) atoms.